The topological polar surface area (TPSA) is 77.8 Å². The van der Waals surface area contributed by atoms with E-state index in [1.54, 1.807) is 26.2 Å². The van der Waals surface area contributed by atoms with Crippen molar-refractivity contribution in [3.05, 3.63) is 68.8 Å². The van der Waals surface area contributed by atoms with Crippen LogP contribution in [0, 0.1) is 12.7 Å². The van der Waals surface area contributed by atoms with Crippen LogP contribution in [0.3, 0.4) is 0 Å². The second-order valence-electron chi connectivity index (χ2n) is 9.02. The van der Waals surface area contributed by atoms with Crippen molar-refractivity contribution in [2.24, 2.45) is 0 Å². The van der Waals surface area contributed by atoms with Gasteiger partial charge in [0.25, 0.3) is 0 Å². The quantitative estimate of drug-likeness (QED) is 0.565. The number of carbonyl (C=O) groups is 1. The standard InChI is InChI=1S/C26H28FNO5/c1-15-19(13-22(29)28-11-9-16-6-5-7-17(27)12-16)25(30)32-24-18-8-10-26(2,3)33-20(18)14-21(31-4)23(15)24/h5-7,12,14H,8-11,13H2,1-4H3,(H,28,29). The van der Waals surface area contributed by atoms with Gasteiger partial charge in [-0.25, -0.2) is 9.18 Å². The maximum atomic E-state index is 13.3. The molecule has 1 aliphatic heterocycles. The Hall–Kier alpha value is -3.35. The number of halogens is 1. The maximum absolute atomic E-state index is 13.3. The van der Waals surface area contributed by atoms with Gasteiger partial charge in [-0.1, -0.05) is 12.1 Å². The fourth-order valence-electron chi connectivity index (χ4n) is 4.31. The highest BCUT2D eigenvalue weighted by Gasteiger charge is 2.31. The predicted octanol–water partition coefficient (Wildman–Crippen LogP) is 4.25. The van der Waals surface area contributed by atoms with Gasteiger partial charge in [-0.2, -0.15) is 0 Å². The number of benzene rings is 2. The normalized spacial score (nSPS) is 14.5. The van der Waals surface area contributed by atoms with Gasteiger partial charge in [0.1, 0.15) is 28.5 Å². The minimum Gasteiger partial charge on any atom is -0.496 e. The van der Waals surface area contributed by atoms with Crippen LogP contribution in [0.2, 0.25) is 0 Å². The Morgan fingerprint density at radius 1 is 1.27 bits per heavy atom. The zero-order chi connectivity index (χ0) is 23.8. The van der Waals surface area contributed by atoms with Gasteiger partial charge in [0.2, 0.25) is 5.91 Å². The van der Waals surface area contributed by atoms with Gasteiger partial charge < -0.3 is 19.2 Å². The molecule has 2 aromatic carbocycles. The molecule has 0 bridgehead atoms. The number of fused-ring (bicyclic) bond motifs is 3. The number of rotatable bonds is 6. The molecule has 174 valence electrons. The van der Waals surface area contributed by atoms with E-state index in [2.05, 4.69) is 5.32 Å². The van der Waals surface area contributed by atoms with E-state index in [1.807, 2.05) is 19.9 Å². The van der Waals surface area contributed by atoms with Crippen molar-refractivity contribution >= 4 is 16.9 Å². The van der Waals surface area contributed by atoms with Gasteiger partial charge >= 0.3 is 5.63 Å². The molecule has 0 radical (unpaired) electrons. The van der Waals surface area contributed by atoms with Gasteiger partial charge in [0, 0.05) is 18.2 Å². The van der Waals surface area contributed by atoms with Gasteiger partial charge in [0.05, 0.1) is 24.5 Å². The van der Waals surface area contributed by atoms with Gasteiger partial charge in [-0.3, -0.25) is 4.79 Å². The fourth-order valence-corrected chi connectivity index (χ4v) is 4.31. The molecule has 7 heteroatoms. The molecular formula is C26H28FNO5. The Kier molecular flexibility index (Phi) is 6.15. The molecule has 6 nitrogen and oxygen atoms in total. The van der Waals surface area contributed by atoms with Crippen molar-refractivity contribution in [1.29, 1.82) is 0 Å². The van der Waals surface area contributed by atoms with Crippen LogP contribution in [-0.2, 0) is 24.1 Å². The Labute approximate surface area is 191 Å². The summed E-state index contributed by atoms with van der Waals surface area (Å²) < 4.78 is 30.7. The van der Waals surface area contributed by atoms with Crippen molar-refractivity contribution in [1.82, 2.24) is 5.32 Å². The third kappa shape index (κ3) is 4.72. The number of ether oxygens (including phenoxy) is 2. The lowest BCUT2D eigenvalue weighted by Gasteiger charge is -2.33. The summed E-state index contributed by atoms with van der Waals surface area (Å²) in [4.78, 5) is 25.4. The molecule has 1 amide bonds. The lowest BCUT2D eigenvalue weighted by molar-refractivity contribution is -0.120. The molecule has 0 aliphatic carbocycles. The molecule has 1 N–H and O–H groups in total. The molecule has 0 saturated carbocycles. The van der Waals surface area contributed by atoms with Crippen LogP contribution < -0.4 is 20.4 Å². The first-order chi connectivity index (χ1) is 15.7. The summed E-state index contributed by atoms with van der Waals surface area (Å²) in [5.74, 6) is 0.577. The summed E-state index contributed by atoms with van der Waals surface area (Å²) in [7, 11) is 1.55. The SMILES string of the molecule is COc1cc2c(c3oc(=O)c(CC(=O)NCCc4cccc(F)c4)c(C)c13)CCC(C)(C)O2. The second kappa shape index (κ2) is 8.89. The highest BCUT2D eigenvalue weighted by Crippen LogP contribution is 2.43. The summed E-state index contributed by atoms with van der Waals surface area (Å²) in [6.45, 7) is 6.18. The number of methoxy groups -OCH3 is 1. The van der Waals surface area contributed by atoms with E-state index in [0.29, 0.717) is 53.0 Å². The summed E-state index contributed by atoms with van der Waals surface area (Å²) >= 11 is 0. The largest absolute Gasteiger partial charge is 0.496 e. The van der Waals surface area contributed by atoms with E-state index < -0.39 is 5.63 Å². The van der Waals surface area contributed by atoms with E-state index in [1.165, 1.54) is 12.1 Å². The van der Waals surface area contributed by atoms with E-state index in [-0.39, 0.29) is 23.7 Å². The van der Waals surface area contributed by atoms with Gasteiger partial charge in [-0.05, 0) is 63.3 Å². The van der Waals surface area contributed by atoms with Crippen molar-refractivity contribution < 1.29 is 23.1 Å². The second-order valence-corrected chi connectivity index (χ2v) is 9.02. The van der Waals surface area contributed by atoms with Crippen LogP contribution in [0.25, 0.3) is 11.0 Å². The third-order valence-electron chi connectivity index (χ3n) is 6.12. The number of amides is 1. The smallest absolute Gasteiger partial charge is 0.340 e. The first-order valence-electron chi connectivity index (χ1n) is 11.0. The molecule has 0 spiro atoms. The van der Waals surface area contributed by atoms with Crippen molar-refractivity contribution in [3.63, 3.8) is 0 Å². The lowest BCUT2D eigenvalue weighted by Crippen LogP contribution is -2.33. The Bertz CT molecular complexity index is 1280. The predicted molar refractivity (Wildman–Crippen MR) is 124 cm³/mol. The van der Waals surface area contributed by atoms with E-state index in [0.717, 1.165) is 17.5 Å². The van der Waals surface area contributed by atoms with Crippen LogP contribution in [0.1, 0.15) is 42.5 Å². The summed E-state index contributed by atoms with van der Waals surface area (Å²) in [5, 5.41) is 3.48. The first kappa shape index (κ1) is 22.8. The molecule has 1 aliphatic rings. The van der Waals surface area contributed by atoms with Crippen LogP contribution >= 0.6 is 0 Å². The average molecular weight is 454 g/mol. The molecule has 2 heterocycles. The molecule has 0 saturated heterocycles. The van der Waals surface area contributed by atoms with Crippen LogP contribution in [-0.4, -0.2) is 25.2 Å². The first-order valence-corrected chi connectivity index (χ1v) is 11.0. The van der Waals surface area contributed by atoms with Crippen molar-refractivity contribution in [3.8, 4) is 11.5 Å². The van der Waals surface area contributed by atoms with Crippen LogP contribution in [0.15, 0.2) is 39.5 Å². The van der Waals surface area contributed by atoms with Gasteiger partial charge in [0.15, 0.2) is 0 Å². The number of aryl methyl sites for hydroxylation is 2. The number of carbonyl (C=O) groups excluding carboxylic acids is 1. The molecule has 0 unspecified atom stereocenters. The van der Waals surface area contributed by atoms with E-state index >= 15 is 0 Å². The molecule has 3 aromatic rings. The van der Waals surface area contributed by atoms with Gasteiger partial charge in [-0.15, -0.1) is 0 Å². The summed E-state index contributed by atoms with van der Waals surface area (Å²) in [5.41, 5.74) is 2.18. The highest BCUT2D eigenvalue weighted by atomic mass is 19.1. The monoisotopic (exact) mass is 453 g/mol. The molecule has 0 atom stereocenters. The minimum atomic E-state index is -0.541. The van der Waals surface area contributed by atoms with E-state index in [4.69, 9.17) is 13.9 Å². The minimum absolute atomic E-state index is 0.114. The van der Waals surface area contributed by atoms with Crippen LogP contribution in [0.5, 0.6) is 11.5 Å². The Morgan fingerprint density at radius 3 is 2.79 bits per heavy atom. The zero-order valence-corrected chi connectivity index (χ0v) is 19.3. The molecular weight excluding hydrogens is 425 g/mol. The van der Waals surface area contributed by atoms with Crippen LogP contribution in [0.4, 0.5) is 4.39 Å². The molecule has 0 fully saturated rings. The number of nitrogens with one attached hydrogen (secondary N) is 1. The molecule has 1 aromatic heterocycles. The third-order valence-corrected chi connectivity index (χ3v) is 6.12. The Balaban J connectivity index is 1.59. The summed E-state index contributed by atoms with van der Waals surface area (Å²) in [6, 6.07) is 8.08. The van der Waals surface area contributed by atoms with E-state index in [9.17, 15) is 14.0 Å². The van der Waals surface area contributed by atoms with Crippen molar-refractivity contribution in [2.45, 2.75) is 52.1 Å². The lowest BCUT2D eigenvalue weighted by atomic mass is 9.91. The Morgan fingerprint density at radius 2 is 2.06 bits per heavy atom. The average Bonchev–Trinajstić information content (AvgIpc) is 2.75. The summed E-state index contributed by atoms with van der Waals surface area (Å²) in [6.07, 6.45) is 1.88. The molecule has 4 rings (SSSR count). The highest BCUT2D eigenvalue weighted by molar-refractivity contribution is 5.93. The number of hydrogen-bond acceptors (Lipinski definition) is 5. The zero-order valence-electron chi connectivity index (χ0n) is 19.3. The maximum Gasteiger partial charge on any atom is 0.340 e. The number of hydrogen-bond donors (Lipinski definition) is 1. The fraction of sp³-hybridized carbons (Fsp3) is 0.385. The van der Waals surface area contributed by atoms with Crippen molar-refractivity contribution in [2.75, 3.05) is 13.7 Å². The molecule has 33 heavy (non-hydrogen) atoms.